The fraction of sp³-hybridized carbons (Fsp3) is 0.182. The van der Waals surface area contributed by atoms with Gasteiger partial charge in [-0.3, -0.25) is 4.79 Å². The van der Waals surface area contributed by atoms with Crippen molar-refractivity contribution < 1.29 is 28.2 Å². The van der Waals surface area contributed by atoms with Crippen LogP contribution in [0.3, 0.4) is 0 Å². The summed E-state index contributed by atoms with van der Waals surface area (Å²) in [5, 5.41) is 14.9. The van der Waals surface area contributed by atoms with Crippen LogP contribution in [0.2, 0.25) is 0 Å². The molecule has 32 heavy (non-hydrogen) atoms. The van der Waals surface area contributed by atoms with Gasteiger partial charge >= 0.3 is 5.97 Å². The lowest BCUT2D eigenvalue weighted by atomic mass is 10.1. The molecular formula is C22H18F2N4O4. The number of hydrogen-bond acceptors (Lipinski definition) is 6. The first-order valence-electron chi connectivity index (χ1n) is 9.80. The average Bonchev–Trinajstić information content (AvgIpc) is 2.75. The Labute approximate surface area is 181 Å². The van der Waals surface area contributed by atoms with Gasteiger partial charge in [0.1, 0.15) is 5.69 Å². The highest BCUT2D eigenvalue weighted by atomic mass is 19.1. The Kier molecular flexibility index (Phi) is 5.93. The molecule has 0 radical (unpaired) electrons. The quantitative estimate of drug-likeness (QED) is 0.515. The number of amides is 1. The van der Waals surface area contributed by atoms with E-state index in [2.05, 4.69) is 20.6 Å². The summed E-state index contributed by atoms with van der Waals surface area (Å²) in [5.41, 5.74) is 0.636. The lowest BCUT2D eigenvalue weighted by molar-refractivity contribution is -0.116. The van der Waals surface area contributed by atoms with Crippen molar-refractivity contribution in [3.05, 3.63) is 59.8 Å². The summed E-state index contributed by atoms with van der Waals surface area (Å²) >= 11 is 0. The van der Waals surface area contributed by atoms with Crippen molar-refractivity contribution in [2.45, 2.75) is 19.3 Å². The normalized spacial score (nSPS) is 13.9. The van der Waals surface area contributed by atoms with E-state index < -0.39 is 17.6 Å². The molecule has 0 saturated carbocycles. The van der Waals surface area contributed by atoms with E-state index in [1.54, 1.807) is 0 Å². The van der Waals surface area contributed by atoms with Crippen LogP contribution in [0.5, 0.6) is 5.75 Å². The Morgan fingerprint density at radius 3 is 2.72 bits per heavy atom. The number of carboxylic acid groups (broad SMARTS) is 1. The van der Waals surface area contributed by atoms with Gasteiger partial charge < -0.3 is 20.5 Å². The number of rotatable bonds is 1. The number of hydrogen-bond donors (Lipinski definition) is 3. The van der Waals surface area contributed by atoms with E-state index in [0.717, 1.165) is 12.3 Å². The lowest BCUT2D eigenvalue weighted by Crippen LogP contribution is -2.15. The van der Waals surface area contributed by atoms with Gasteiger partial charge in [-0.15, -0.1) is 0 Å². The number of nitrogens with zero attached hydrogens (tertiary/aromatic N) is 2. The number of carbonyl (C=O) groups excluding carboxylic acids is 1. The third-order valence-corrected chi connectivity index (χ3v) is 4.78. The number of carbonyl (C=O) groups is 2. The number of aromatic nitrogens is 2. The van der Waals surface area contributed by atoms with Gasteiger partial charge in [0.05, 0.1) is 24.1 Å². The van der Waals surface area contributed by atoms with Gasteiger partial charge in [0, 0.05) is 17.7 Å². The van der Waals surface area contributed by atoms with Gasteiger partial charge in [-0.25, -0.2) is 23.5 Å². The maximum absolute atomic E-state index is 14.4. The molecular weight excluding hydrogens is 422 g/mol. The molecule has 1 amide bonds. The molecule has 1 aliphatic rings. The van der Waals surface area contributed by atoms with E-state index in [9.17, 15) is 23.5 Å². The van der Waals surface area contributed by atoms with Crippen molar-refractivity contribution in [2.24, 2.45) is 0 Å². The number of fused-ring (bicyclic) bond motifs is 7. The Balaban J connectivity index is 1.77. The van der Waals surface area contributed by atoms with Crippen LogP contribution in [0.25, 0.3) is 11.3 Å². The lowest BCUT2D eigenvalue weighted by Gasteiger charge is -2.12. The number of ether oxygens (including phenoxy) is 1. The molecule has 6 bridgehead atoms. The molecule has 0 fully saturated rings. The average molecular weight is 440 g/mol. The van der Waals surface area contributed by atoms with Gasteiger partial charge in [0.2, 0.25) is 11.9 Å². The number of anilines is 3. The third kappa shape index (κ3) is 4.64. The molecule has 0 unspecified atom stereocenters. The van der Waals surface area contributed by atoms with Gasteiger partial charge in [0.15, 0.2) is 17.4 Å². The highest BCUT2D eigenvalue weighted by molar-refractivity contribution is 6.01. The predicted molar refractivity (Wildman–Crippen MR) is 112 cm³/mol. The molecule has 2 aromatic carbocycles. The molecule has 0 aliphatic carbocycles. The number of benzene rings is 2. The minimum atomic E-state index is -1.20. The molecule has 164 valence electrons. The minimum Gasteiger partial charge on any atom is -0.490 e. The molecule has 2 heterocycles. The SMILES string of the molecule is O=C1CCCCOc2cc(ccc2F)-c2nc(ncc2F)Nc2ccc(C(=O)O)c(c2)N1. The Hall–Kier alpha value is -4.08. The molecule has 3 aromatic rings. The van der Waals surface area contributed by atoms with Crippen molar-refractivity contribution in [1.29, 1.82) is 0 Å². The van der Waals surface area contributed by atoms with Crippen molar-refractivity contribution in [3.8, 4) is 17.0 Å². The molecule has 4 rings (SSSR count). The second-order valence-electron chi connectivity index (χ2n) is 7.08. The fourth-order valence-electron chi connectivity index (χ4n) is 3.21. The summed E-state index contributed by atoms with van der Waals surface area (Å²) in [4.78, 5) is 31.9. The summed E-state index contributed by atoms with van der Waals surface area (Å²) in [6.45, 7) is 0.141. The molecule has 1 aliphatic heterocycles. The van der Waals surface area contributed by atoms with Crippen LogP contribution in [0.15, 0.2) is 42.6 Å². The molecule has 1 aromatic heterocycles. The number of halogens is 2. The molecule has 0 saturated heterocycles. The monoisotopic (exact) mass is 440 g/mol. The Morgan fingerprint density at radius 2 is 1.91 bits per heavy atom. The molecule has 0 spiro atoms. The van der Waals surface area contributed by atoms with Crippen molar-refractivity contribution in [2.75, 3.05) is 17.2 Å². The standard InChI is InChI=1S/C22H18F2N4O4/c23-15-7-4-12-9-18(15)32-8-2-1-3-19(29)27-17-10-13(5-6-14(17)21(30)31)26-22-25-11-16(24)20(12)28-22/h4-7,9-11H,1-3,8H2,(H,27,29)(H,30,31)(H,25,26,28). The largest absolute Gasteiger partial charge is 0.490 e. The summed E-state index contributed by atoms with van der Waals surface area (Å²) in [6, 6.07) is 8.15. The summed E-state index contributed by atoms with van der Waals surface area (Å²) in [5.74, 6) is -2.91. The van der Waals surface area contributed by atoms with Crippen LogP contribution in [-0.4, -0.2) is 33.6 Å². The van der Waals surface area contributed by atoms with E-state index in [0.29, 0.717) is 24.1 Å². The second kappa shape index (κ2) is 8.96. The van der Waals surface area contributed by atoms with E-state index in [1.807, 2.05) is 0 Å². The number of nitrogens with one attached hydrogen (secondary N) is 2. The number of carboxylic acids is 1. The first kappa shape index (κ1) is 21.2. The molecule has 10 heteroatoms. The highest BCUT2D eigenvalue weighted by Gasteiger charge is 2.16. The van der Waals surface area contributed by atoms with E-state index in [1.165, 1.54) is 30.3 Å². The summed E-state index contributed by atoms with van der Waals surface area (Å²) in [6.07, 6.45) is 1.99. The van der Waals surface area contributed by atoms with Gasteiger partial charge in [0.25, 0.3) is 0 Å². The summed E-state index contributed by atoms with van der Waals surface area (Å²) < 4.78 is 34.1. The maximum Gasteiger partial charge on any atom is 0.337 e. The first-order valence-corrected chi connectivity index (χ1v) is 9.80. The zero-order valence-corrected chi connectivity index (χ0v) is 16.7. The smallest absolute Gasteiger partial charge is 0.337 e. The van der Waals surface area contributed by atoms with Crippen molar-refractivity contribution in [1.82, 2.24) is 9.97 Å². The minimum absolute atomic E-state index is 0.0258. The van der Waals surface area contributed by atoms with Crippen LogP contribution < -0.4 is 15.4 Å². The molecule has 3 N–H and O–H groups in total. The predicted octanol–water partition coefficient (Wildman–Crippen LogP) is 4.36. The van der Waals surface area contributed by atoms with Gasteiger partial charge in [-0.1, -0.05) is 0 Å². The zero-order valence-electron chi connectivity index (χ0n) is 16.7. The highest BCUT2D eigenvalue weighted by Crippen LogP contribution is 2.29. The topological polar surface area (TPSA) is 113 Å². The number of aromatic carboxylic acids is 1. The molecule has 8 nitrogen and oxygen atoms in total. The third-order valence-electron chi connectivity index (χ3n) is 4.78. The van der Waals surface area contributed by atoms with Crippen molar-refractivity contribution in [3.63, 3.8) is 0 Å². The van der Waals surface area contributed by atoms with E-state index >= 15 is 0 Å². The van der Waals surface area contributed by atoms with E-state index in [4.69, 9.17) is 4.74 Å². The molecule has 0 atom stereocenters. The first-order chi connectivity index (χ1) is 15.4. The Morgan fingerprint density at radius 1 is 1.06 bits per heavy atom. The van der Waals surface area contributed by atoms with Crippen LogP contribution >= 0.6 is 0 Å². The van der Waals surface area contributed by atoms with Crippen LogP contribution in [0.1, 0.15) is 29.6 Å². The van der Waals surface area contributed by atoms with Crippen LogP contribution in [-0.2, 0) is 4.79 Å². The maximum atomic E-state index is 14.4. The van der Waals surface area contributed by atoms with Crippen LogP contribution in [0.4, 0.5) is 26.1 Å². The fourth-order valence-corrected chi connectivity index (χ4v) is 3.21. The zero-order chi connectivity index (χ0) is 22.7. The summed E-state index contributed by atoms with van der Waals surface area (Å²) in [7, 11) is 0. The van der Waals surface area contributed by atoms with Gasteiger partial charge in [-0.05, 0) is 49.2 Å². The van der Waals surface area contributed by atoms with Gasteiger partial charge in [-0.2, -0.15) is 0 Å². The van der Waals surface area contributed by atoms with Crippen LogP contribution in [0, 0.1) is 11.6 Å². The second-order valence-corrected chi connectivity index (χ2v) is 7.08. The van der Waals surface area contributed by atoms with Crippen molar-refractivity contribution >= 4 is 29.2 Å². The Bertz CT molecular complexity index is 1200. The van der Waals surface area contributed by atoms with E-state index in [-0.39, 0.29) is 47.6 Å².